The number of hydrazine groups is 1. The Hall–Kier alpha value is -3.32. The summed E-state index contributed by atoms with van der Waals surface area (Å²) in [5.74, 6) is -0.0892. The van der Waals surface area contributed by atoms with Crippen LogP contribution in [0.1, 0.15) is 122 Å². The minimum atomic E-state index is -0.780. The van der Waals surface area contributed by atoms with Gasteiger partial charge in [0.2, 0.25) is 5.91 Å². The fraction of sp³-hybridized carbons (Fsp3) is 0.722. The SMILES string of the molecule is CC(C)C[C@H](NC(=O)[C@H](CCCN=C(N)N[N+](=O)[O-])CC(=O)CCCCCCC(=O)c1ccccc1)B1O[C@@H]2C[C@H]3C[C@H](C3(C)C)[C@]2(C)O1. The predicted octanol–water partition coefficient (Wildman–Crippen LogP) is 5.46. The van der Waals surface area contributed by atoms with E-state index in [9.17, 15) is 24.5 Å². The van der Waals surface area contributed by atoms with Crippen LogP contribution in [0.25, 0.3) is 0 Å². The number of unbranched alkanes of at least 4 members (excludes halogenated alkanes) is 3. The third-order valence-corrected chi connectivity index (χ3v) is 11.1. The van der Waals surface area contributed by atoms with Crippen LogP contribution in [0.5, 0.6) is 0 Å². The molecule has 270 valence electrons. The summed E-state index contributed by atoms with van der Waals surface area (Å²) < 4.78 is 13.3. The third kappa shape index (κ3) is 10.1. The summed E-state index contributed by atoms with van der Waals surface area (Å²) in [4.78, 5) is 54.0. The van der Waals surface area contributed by atoms with E-state index in [2.05, 4.69) is 44.9 Å². The van der Waals surface area contributed by atoms with Gasteiger partial charge in [-0.3, -0.25) is 14.4 Å². The van der Waals surface area contributed by atoms with Crippen LogP contribution in [0.4, 0.5) is 0 Å². The van der Waals surface area contributed by atoms with Crippen molar-refractivity contribution in [2.75, 3.05) is 6.54 Å². The Morgan fingerprint density at radius 3 is 2.41 bits per heavy atom. The van der Waals surface area contributed by atoms with Gasteiger partial charge in [0.25, 0.3) is 5.96 Å². The lowest BCUT2D eigenvalue weighted by molar-refractivity contribution is -0.525. The topological polar surface area (TPSA) is 175 Å². The number of carbonyl (C=O) groups is 3. The average molecular weight is 682 g/mol. The van der Waals surface area contributed by atoms with E-state index in [-0.39, 0.29) is 59.8 Å². The van der Waals surface area contributed by atoms with E-state index in [0.29, 0.717) is 50.4 Å². The van der Waals surface area contributed by atoms with Gasteiger partial charge in [-0.25, -0.2) is 15.1 Å². The Morgan fingerprint density at radius 1 is 1.06 bits per heavy atom. The van der Waals surface area contributed by atoms with Gasteiger partial charge in [-0.15, -0.1) is 0 Å². The second-order valence-electron chi connectivity index (χ2n) is 15.5. The predicted molar refractivity (Wildman–Crippen MR) is 189 cm³/mol. The smallest absolute Gasteiger partial charge is 0.404 e. The molecule has 1 heterocycles. The van der Waals surface area contributed by atoms with E-state index in [1.54, 1.807) is 0 Å². The quantitative estimate of drug-likeness (QED) is 0.0307. The lowest BCUT2D eigenvalue weighted by Crippen LogP contribution is -2.65. The number of aliphatic imine (C=N–C) groups is 1. The number of hydrogen-bond acceptors (Lipinski definition) is 8. The van der Waals surface area contributed by atoms with Crippen LogP contribution < -0.4 is 16.5 Å². The number of nitrogens with zero attached hydrogens (tertiary/aromatic N) is 2. The van der Waals surface area contributed by atoms with Crippen LogP contribution in [0.15, 0.2) is 35.3 Å². The number of Topliss-reactive ketones (excluding diaryl/α,β-unsaturated/α-hetero) is 2. The van der Waals surface area contributed by atoms with E-state index in [1.807, 2.05) is 35.8 Å². The van der Waals surface area contributed by atoms with E-state index in [0.717, 1.165) is 37.7 Å². The highest BCUT2D eigenvalue weighted by atomic mass is 16.7. The minimum absolute atomic E-state index is 0.00728. The maximum Gasteiger partial charge on any atom is 0.481 e. The zero-order chi connectivity index (χ0) is 35.8. The summed E-state index contributed by atoms with van der Waals surface area (Å²) in [5.41, 5.74) is 7.90. The average Bonchev–Trinajstić information content (AvgIpc) is 3.40. The Kier molecular flexibility index (Phi) is 13.4. The monoisotopic (exact) mass is 681 g/mol. The second kappa shape index (κ2) is 17.1. The van der Waals surface area contributed by atoms with E-state index < -0.39 is 23.7 Å². The third-order valence-electron chi connectivity index (χ3n) is 11.1. The Labute approximate surface area is 291 Å². The van der Waals surface area contributed by atoms with Gasteiger partial charge in [-0.1, -0.05) is 76.3 Å². The molecule has 6 atom stereocenters. The molecule has 1 aromatic rings. The lowest BCUT2D eigenvalue weighted by Gasteiger charge is -2.64. The van der Waals surface area contributed by atoms with Crippen LogP contribution in [0.3, 0.4) is 0 Å². The molecule has 4 N–H and O–H groups in total. The zero-order valence-corrected chi connectivity index (χ0v) is 30.0. The standard InChI is InChI=1S/C36H56BN5O7/c1-24(2)20-32(37-48-31-23-27-22-30(35(27,3)4)36(31,5)49-37)40-33(45)26(16-13-19-39-34(38)41-42(46)47)21-28(43)17-11-6-7-12-18-29(44)25-14-9-8-10-15-25/h8-10,14-15,24,26-27,30-32H,6-7,11-13,16-23H2,1-5H3,(H,40,45)(H3,38,39,41)/t26-,27-,30-,31-,32+,36+/m1/s1. The molecule has 3 saturated carbocycles. The molecule has 13 heteroatoms. The Morgan fingerprint density at radius 2 is 1.76 bits per heavy atom. The van der Waals surface area contributed by atoms with E-state index >= 15 is 0 Å². The molecule has 0 unspecified atom stereocenters. The second-order valence-corrected chi connectivity index (χ2v) is 15.5. The van der Waals surface area contributed by atoms with Crippen molar-refractivity contribution in [2.45, 2.75) is 129 Å². The Balaban J connectivity index is 1.32. The van der Waals surface area contributed by atoms with Crippen LogP contribution in [-0.2, 0) is 18.9 Å². The summed E-state index contributed by atoms with van der Waals surface area (Å²) in [6.07, 6.45) is 7.60. The van der Waals surface area contributed by atoms with Gasteiger partial charge >= 0.3 is 7.12 Å². The van der Waals surface area contributed by atoms with Gasteiger partial charge < -0.3 is 20.4 Å². The van der Waals surface area contributed by atoms with Gasteiger partial charge in [0, 0.05) is 37.3 Å². The highest BCUT2D eigenvalue weighted by Crippen LogP contribution is 2.65. The number of hydrogen-bond donors (Lipinski definition) is 3. The molecule has 1 aromatic carbocycles. The van der Waals surface area contributed by atoms with Crippen LogP contribution in [0, 0.1) is 39.2 Å². The molecule has 4 fully saturated rings. The van der Waals surface area contributed by atoms with Crippen LogP contribution in [0.2, 0.25) is 0 Å². The van der Waals surface area contributed by atoms with Crippen LogP contribution in [-0.4, -0.2) is 59.8 Å². The first-order valence-electron chi connectivity index (χ1n) is 18.1. The van der Waals surface area contributed by atoms with Crippen molar-refractivity contribution >= 4 is 30.6 Å². The number of nitrogens with two attached hydrogens (primary N) is 1. The Bertz CT molecular complexity index is 1340. The number of benzene rings is 1. The van der Waals surface area contributed by atoms with Crippen LogP contribution >= 0.6 is 0 Å². The lowest BCUT2D eigenvalue weighted by atomic mass is 9.43. The van der Waals surface area contributed by atoms with Gasteiger partial charge in [-0.2, -0.15) is 0 Å². The molecule has 1 aliphatic heterocycles. The summed E-state index contributed by atoms with van der Waals surface area (Å²) in [7, 11) is -0.570. The molecule has 49 heavy (non-hydrogen) atoms. The summed E-state index contributed by atoms with van der Waals surface area (Å²) in [6.45, 7) is 11.2. The molecule has 0 radical (unpaired) electrons. The van der Waals surface area contributed by atoms with Crippen molar-refractivity contribution in [1.29, 1.82) is 0 Å². The molecule has 2 bridgehead atoms. The fourth-order valence-electron chi connectivity index (χ4n) is 8.22. The van der Waals surface area contributed by atoms with E-state index in [4.69, 9.17) is 15.0 Å². The first-order valence-corrected chi connectivity index (χ1v) is 18.1. The first-order chi connectivity index (χ1) is 23.2. The number of nitro groups is 1. The molecule has 4 aliphatic rings. The molecular formula is C36H56BN5O7. The number of ketones is 2. The number of amides is 1. The molecule has 1 amide bonds. The highest BCUT2D eigenvalue weighted by molar-refractivity contribution is 6.47. The van der Waals surface area contributed by atoms with Crippen molar-refractivity contribution in [1.82, 2.24) is 10.7 Å². The summed E-state index contributed by atoms with van der Waals surface area (Å²) in [6, 6.07) is 9.26. The largest absolute Gasteiger partial charge is 0.481 e. The maximum atomic E-state index is 13.9. The molecular weight excluding hydrogens is 625 g/mol. The molecule has 0 spiro atoms. The van der Waals surface area contributed by atoms with Gasteiger partial charge in [0.1, 0.15) is 5.78 Å². The number of guanidine groups is 1. The normalized spacial score (nSPS) is 25.2. The van der Waals surface area contributed by atoms with Crippen molar-refractivity contribution < 1.29 is 28.7 Å². The van der Waals surface area contributed by atoms with Crippen molar-refractivity contribution in [3.63, 3.8) is 0 Å². The molecule has 1 saturated heterocycles. The highest BCUT2D eigenvalue weighted by Gasteiger charge is 2.68. The van der Waals surface area contributed by atoms with Crippen molar-refractivity contribution in [3.05, 3.63) is 46.0 Å². The molecule has 5 rings (SSSR count). The minimum Gasteiger partial charge on any atom is -0.404 e. The van der Waals surface area contributed by atoms with E-state index in [1.165, 1.54) is 0 Å². The molecule has 0 aromatic heterocycles. The van der Waals surface area contributed by atoms with Gasteiger partial charge in [0.15, 0.2) is 10.8 Å². The summed E-state index contributed by atoms with van der Waals surface area (Å²) in [5, 5.41) is 13.1. The van der Waals surface area contributed by atoms with Crippen molar-refractivity contribution in [2.24, 2.45) is 39.8 Å². The van der Waals surface area contributed by atoms with Gasteiger partial charge in [0.05, 0.1) is 17.6 Å². The maximum absolute atomic E-state index is 13.9. The zero-order valence-electron chi connectivity index (χ0n) is 30.0. The number of rotatable bonds is 20. The first kappa shape index (κ1) is 38.5. The fourth-order valence-corrected chi connectivity index (χ4v) is 8.22. The number of carbonyl (C=O) groups excluding carboxylic acids is 3. The summed E-state index contributed by atoms with van der Waals surface area (Å²) >= 11 is 0. The number of nitrogens with one attached hydrogen (secondary N) is 2. The van der Waals surface area contributed by atoms with Gasteiger partial charge in [-0.05, 0) is 75.0 Å². The molecule has 3 aliphatic carbocycles. The molecule has 12 nitrogen and oxygen atoms in total. The van der Waals surface area contributed by atoms with Crippen molar-refractivity contribution in [3.8, 4) is 0 Å².